The van der Waals surface area contributed by atoms with Crippen LogP contribution in [0.2, 0.25) is 0 Å². The van der Waals surface area contributed by atoms with Gasteiger partial charge in [0.2, 0.25) is 11.8 Å². The van der Waals surface area contributed by atoms with Crippen LogP contribution in [0.5, 0.6) is 0 Å². The van der Waals surface area contributed by atoms with Gasteiger partial charge in [0.05, 0.1) is 0 Å². The van der Waals surface area contributed by atoms with Gasteiger partial charge < -0.3 is 15.1 Å². The third-order valence-electron chi connectivity index (χ3n) is 4.68. The molecule has 0 radical (unpaired) electrons. The van der Waals surface area contributed by atoms with Crippen LogP contribution in [0, 0.1) is 5.92 Å². The van der Waals surface area contributed by atoms with Crippen LogP contribution in [0.4, 0.5) is 11.4 Å². The molecule has 1 saturated carbocycles. The molecule has 1 aliphatic carbocycles. The minimum absolute atomic E-state index is 0.0514. The molecule has 2 amide bonds. The summed E-state index contributed by atoms with van der Waals surface area (Å²) in [5.74, 6) is 1.68. The minimum atomic E-state index is -0.0941. The van der Waals surface area contributed by atoms with Crippen molar-refractivity contribution in [2.24, 2.45) is 5.92 Å². The van der Waals surface area contributed by atoms with Crippen molar-refractivity contribution in [2.75, 3.05) is 10.6 Å². The summed E-state index contributed by atoms with van der Waals surface area (Å²) in [6, 6.07) is 20.9. The Balaban J connectivity index is 1.30. The van der Waals surface area contributed by atoms with Crippen LogP contribution in [0.1, 0.15) is 25.0 Å². The van der Waals surface area contributed by atoms with Crippen molar-refractivity contribution in [1.29, 1.82) is 0 Å². The molecular weight excluding hydrogens is 352 g/mol. The van der Waals surface area contributed by atoms with E-state index in [0.717, 1.165) is 29.9 Å². The van der Waals surface area contributed by atoms with E-state index >= 15 is 0 Å². The smallest absolute Gasteiger partial charge is 0.227 e. The highest BCUT2D eigenvalue weighted by molar-refractivity contribution is 5.96. The molecule has 0 unspecified atom stereocenters. The van der Waals surface area contributed by atoms with Crippen LogP contribution in [0.25, 0.3) is 11.3 Å². The number of nitrogens with one attached hydrogen (secondary N) is 2. The SMILES string of the molecule is O=C(CCc1ccc(-c2ccccc2)o1)Nc1cccc(NC(=O)C2CC2)c1. The molecule has 0 spiro atoms. The molecule has 2 N–H and O–H groups in total. The lowest BCUT2D eigenvalue weighted by molar-refractivity contribution is -0.117. The van der Waals surface area contributed by atoms with E-state index in [9.17, 15) is 9.59 Å². The molecule has 28 heavy (non-hydrogen) atoms. The summed E-state index contributed by atoms with van der Waals surface area (Å²) >= 11 is 0. The van der Waals surface area contributed by atoms with Gasteiger partial charge >= 0.3 is 0 Å². The molecule has 1 aliphatic rings. The van der Waals surface area contributed by atoms with E-state index in [1.807, 2.05) is 60.7 Å². The number of furan rings is 1. The number of carbonyl (C=O) groups is 2. The number of amides is 2. The van der Waals surface area contributed by atoms with Crippen LogP contribution in [-0.4, -0.2) is 11.8 Å². The summed E-state index contributed by atoms with van der Waals surface area (Å²) in [4.78, 5) is 24.1. The Kier molecular flexibility index (Phi) is 5.24. The van der Waals surface area contributed by atoms with Crippen molar-refractivity contribution in [3.63, 3.8) is 0 Å². The molecule has 1 fully saturated rings. The molecule has 0 atom stereocenters. The second-order valence-corrected chi connectivity index (χ2v) is 7.02. The topological polar surface area (TPSA) is 71.3 Å². The Morgan fingerprint density at radius 3 is 2.39 bits per heavy atom. The first kappa shape index (κ1) is 18.0. The van der Waals surface area contributed by atoms with Crippen LogP contribution in [0.15, 0.2) is 71.1 Å². The van der Waals surface area contributed by atoms with Gasteiger partial charge in [-0.05, 0) is 43.2 Å². The molecule has 0 saturated heterocycles. The van der Waals surface area contributed by atoms with Gasteiger partial charge in [0, 0.05) is 35.7 Å². The summed E-state index contributed by atoms with van der Waals surface area (Å²) in [5, 5.41) is 5.77. The molecule has 0 aliphatic heterocycles. The molecule has 3 aromatic rings. The second-order valence-electron chi connectivity index (χ2n) is 7.02. The van der Waals surface area contributed by atoms with Crippen LogP contribution >= 0.6 is 0 Å². The number of hydrogen-bond acceptors (Lipinski definition) is 3. The van der Waals surface area contributed by atoms with Gasteiger partial charge in [-0.1, -0.05) is 36.4 Å². The third-order valence-corrected chi connectivity index (χ3v) is 4.68. The van der Waals surface area contributed by atoms with Gasteiger partial charge in [0.25, 0.3) is 0 Å². The highest BCUT2D eigenvalue weighted by atomic mass is 16.3. The highest BCUT2D eigenvalue weighted by Crippen LogP contribution is 2.30. The first-order valence-corrected chi connectivity index (χ1v) is 9.52. The number of aryl methyl sites for hydroxylation is 1. The van der Waals surface area contributed by atoms with Crippen LogP contribution in [-0.2, 0) is 16.0 Å². The van der Waals surface area contributed by atoms with Crippen molar-refractivity contribution in [3.8, 4) is 11.3 Å². The van der Waals surface area contributed by atoms with Gasteiger partial charge in [-0.15, -0.1) is 0 Å². The maximum absolute atomic E-state index is 12.3. The Bertz CT molecular complexity index is 974. The quantitative estimate of drug-likeness (QED) is 0.620. The Morgan fingerprint density at radius 2 is 1.64 bits per heavy atom. The van der Waals surface area contributed by atoms with E-state index < -0.39 is 0 Å². The summed E-state index contributed by atoms with van der Waals surface area (Å²) < 4.78 is 5.83. The molecule has 142 valence electrons. The molecule has 0 bridgehead atoms. The van der Waals surface area contributed by atoms with E-state index in [2.05, 4.69) is 10.6 Å². The molecular formula is C23H22N2O3. The highest BCUT2D eigenvalue weighted by Gasteiger charge is 2.29. The average Bonchev–Trinajstić information content (AvgIpc) is 3.46. The van der Waals surface area contributed by atoms with E-state index in [1.165, 1.54) is 0 Å². The number of carbonyl (C=O) groups excluding carboxylic acids is 2. The fourth-order valence-electron chi connectivity index (χ4n) is 2.99. The zero-order valence-corrected chi connectivity index (χ0v) is 15.5. The van der Waals surface area contributed by atoms with Gasteiger partial charge in [-0.3, -0.25) is 9.59 Å². The largest absolute Gasteiger partial charge is 0.461 e. The van der Waals surface area contributed by atoms with Gasteiger partial charge in [-0.2, -0.15) is 0 Å². The molecule has 5 heteroatoms. The first-order chi connectivity index (χ1) is 13.7. The zero-order valence-electron chi connectivity index (χ0n) is 15.5. The van der Waals surface area contributed by atoms with E-state index in [1.54, 1.807) is 6.07 Å². The Morgan fingerprint density at radius 1 is 0.893 bits per heavy atom. The minimum Gasteiger partial charge on any atom is -0.461 e. The van der Waals surface area contributed by atoms with Crippen molar-refractivity contribution in [1.82, 2.24) is 0 Å². The molecule has 2 aromatic carbocycles. The summed E-state index contributed by atoms with van der Waals surface area (Å²) in [7, 11) is 0. The summed E-state index contributed by atoms with van der Waals surface area (Å²) in [6.45, 7) is 0. The predicted octanol–water partition coefficient (Wildman–Crippen LogP) is 4.87. The van der Waals surface area contributed by atoms with Gasteiger partial charge in [0.15, 0.2) is 0 Å². The van der Waals surface area contributed by atoms with E-state index in [4.69, 9.17) is 4.42 Å². The van der Waals surface area contributed by atoms with Crippen LogP contribution in [0.3, 0.4) is 0 Å². The fraction of sp³-hybridized carbons (Fsp3) is 0.217. The maximum Gasteiger partial charge on any atom is 0.227 e. The van der Waals surface area contributed by atoms with Crippen molar-refractivity contribution >= 4 is 23.2 Å². The number of benzene rings is 2. The number of rotatable bonds is 7. The molecule has 5 nitrogen and oxygen atoms in total. The third kappa shape index (κ3) is 4.68. The zero-order chi connectivity index (χ0) is 19.3. The monoisotopic (exact) mass is 374 g/mol. The molecule has 1 heterocycles. The first-order valence-electron chi connectivity index (χ1n) is 9.52. The normalized spacial score (nSPS) is 13.1. The second kappa shape index (κ2) is 8.13. The van der Waals surface area contributed by atoms with E-state index in [-0.39, 0.29) is 17.7 Å². The number of hydrogen-bond donors (Lipinski definition) is 2. The van der Waals surface area contributed by atoms with E-state index in [0.29, 0.717) is 24.2 Å². The average molecular weight is 374 g/mol. The number of anilines is 2. The van der Waals surface area contributed by atoms with Gasteiger partial charge in [-0.25, -0.2) is 0 Å². The predicted molar refractivity (Wildman–Crippen MR) is 109 cm³/mol. The van der Waals surface area contributed by atoms with Gasteiger partial charge in [0.1, 0.15) is 11.5 Å². The molecule has 4 rings (SSSR count). The Labute approximate surface area is 163 Å². The summed E-state index contributed by atoms with van der Waals surface area (Å²) in [6.07, 6.45) is 2.76. The van der Waals surface area contributed by atoms with Crippen LogP contribution < -0.4 is 10.6 Å². The maximum atomic E-state index is 12.3. The van der Waals surface area contributed by atoms with Crippen molar-refractivity contribution in [2.45, 2.75) is 25.7 Å². The standard InChI is InChI=1S/C23H22N2O3/c26-22(14-12-20-11-13-21(28-20)16-5-2-1-3-6-16)24-18-7-4-8-19(15-18)25-23(27)17-9-10-17/h1-8,11,13,15,17H,9-10,12,14H2,(H,24,26)(H,25,27). The fourth-order valence-corrected chi connectivity index (χ4v) is 2.99. The van der Waals surface area contributed by atoms with Crippen molar-refractivity contribution < 1.29 is 14.0 Å². The lowest BCUT2D eigenvalue weighted by Crippen LogP contribution is -2.15. The van der Waals surface area contributed by atoms with Crippen molar-refractivity contribution in [3.05, 3.63) is 72.5 Å². The summed E-state index contributed by atoms with van der Waals surface area (Å²) in [5.41, 5.74) is 2.39. The lowest BCUT2D eigenvalue weighted by Gasteiger charge is -2.08. The lowest BCUT2D eigenvalue weighted by atomic mass is 10.2. The Hall–Kier alpha value is -3.34. The molecule has 1 aromatic heterocycles.